The van der Waals surface area contributed by atoms with E-state index in [1.165, 1.54) is 4.57 Å². The van der Waals surface area contributed by atoms with E-state index in [9.17, 15) is 9.59 Å². The highest BCUT2D eigenvalue weighted by molar-refractivity contribution is 6.30. The Morgan fingerprint density at radius 3 is 2.35 bits per heavy atom. The molecule has 0 aliphatic heterocycles. The summed E-state index contributed by atoms with van der Waals surface area (Å²) >= 11 is 6.00. The molecular formula is C15H25ClN2O2. The third-order valence-electron chi connectivity index (χ3n) is 3.56. The molecule has 0 aliphatic rings. The van der Waals surface area contributed by atoms with Gasteiger partial charge in [-0.2, -0.15) is 0 Å². The van der Waals surface area contributed by atoms with E-state index in [1.54, 1.807) is 0 Å². The standard InChI is InChI=1S/C15H25ClN2O2/c1-4-7-10-11(8-5-2)18-14(19)12(9-6-3)13(16)17-15(18)20/h11H,4-10H2,1-3H3,(H,17,20). The number of rotatable bonds is 8. The van der Waals surface area contributed by atoms with E-state index in [-0.39, 0.29) is 22.4 Å². The van der Waals surface area contributed by atoms with E-state index < -0.39 is 0 Å². The van der Waals surface area contributed by atoms with Gasteiger partial charge in [0.2, 0.25) is 0 Å². The van der Waals surface area contributed by atoms with E-state index in [4.69, 9.17) is 11.6 Å². The van der Waals surface area contributed by atoms with E-state index in [0.717, 1.165) is 38.5 Å². The molecule has 0 bridgehead atoms. The lowest BCUT2D eigenvalue weighted by Crippen LogP contribution is -2.40. The van der Waals surface area contributed by atoms with Crippen molar-refractivity contribution in [2.24, 2.45) is 0 Å². The minimum Gasteiger partial charge on any atom is -0.297 e. The smallest absolute Gasteiger partial charge is 0.297 e. The van der Waals surface area contributed by atoms with Gasteiger partial charge >= 0.3 is 5.69 Å². The van der Waals surface area contributed by atoms with Crippen LogP contribution < -0.4 is 11.2 Å². The quantitative estimate of drug-likeness (QED) is 0.745. The van der Waals surface area contributed by atoms with E-state index in [1.807, 2.05) is 6.92 Å². The lowest BCUT2D eigenvalue weighted by molar-refractivity contribution is 0.391. The Hall–Kier alpha value is -1.03. The van der Waals surface area contributed by atoms with Crippen molar-refractivity contribution in [1.82, 2.24) is 9.55 Å². The Labute approximate surface area is 125 Å². The number of nitrogens with zero attached hydrogens (tertiary/aromatic N) is 1. The lowest BCUT2D eigenvalue weighted by atomic mass is 10.0. The predicted octanol–water partition coefficient (Wildman–Crippen LogP) is 3.67. The second-order valence-corrected chi connectivity index (χ2v) is 5.61. The first-order valence-corrected chi connectivity index (χ1v) is 7.97. The molecular weight excluding hydrogens is 276 g/mol. The molecule has 0 spiro atoms. The zero-order valence-electron chi connectivity index (χ0n) is 12.7. The van der Waals surface area contributed by atoms with Gasteiger partial charge in [-0.3, -0.25) is 14.3 Å². The fraction of sp³-hybridized carbons (Fsp3) is 0.733. The number of nitrogens with one attached hydrogen (secondary N) is 1. The third kappa shape index (κ3) is 3.98. The first-order chi connectivity index (χ1) is 9.56. The second-order valence-electron chi connectivity index (χ2n) is 5.23. The van der Waals surface area contributed by atoms with E-state index >= 15 is 0 Å². The summed E-state index contributed by atoms with van der Waals surface area (Å²) in [7, 11) is 0. The van der Waals surface area contributed by atoms with Gasteiger partial charge in [0.05, 0.1) is 5.56 Å². The number of hydrogen-bond acceptors (Lipinski definition) is 2. The monoisotopic (exact) mass is 300 g/mol. The molecule has 0 aromatic carbocycles. The van der Waals surface area contributed by atoms with Crippen LogP contribution in [0.25, 0.3) is 0 Å². The van der Waals surface area contributed by atoms with Crippen LogP contribution in [0.3, 0.4) is 0 Å². The van der Waals surface area contributed by atoms with Gasteiger partial charge in [0, 0.05) is 6.04 Å². The maximum atomic E-state index is 12.5. The topological polar surface area (TPSA) is 54.9 Å². The van der Waals surface area contributed by atoms with Gasteiger partial charge in [0.15, 0.2) is 0 Å². The van der Waals surface area contributed by atoms with Crippen LogP contribution in [0.5, 0.6) is 0 Å². The van der Waals surface area contributed by atoms with Crippen LogP contribution in [0.2, 0.25) is 5.15 Å². The molecule has 0 saturated carbocycles. The molecule has 0 saturated heterocycles. The number of aromatic nitrogens is 2. The minimum absolute atomic E-state index is 0.0240. The zero-order chi connectivity index (χ0) is 15.1. The summed E-state index contributed by atoms with van der Waals surface area (Å²) in [5.74, 6) is 0. The second kappa shape index (κ2) is 8.30. The van der Waals surface area contributed by atoms with Crippen molar-refractivity contribution in [3.63, 3.8) is 0 Å². The average Bonchev–Trinajstić information content (AvgIpc) is 2.40. The summed E-state index contributed by atoms with van der Waals surface area (Å²) in [6, 6.07) is -0.0240. The zero-order valence-corrected chi connectivity index (χ0v) is 13.4. The molecule has 0 aliphatic carbocycles. The van der Waals surface area contributed by atoms with Crippen molar-refractivity contribution in [2.45, 2.75) is 71.8 Å². The first-order valence-electron chi connectivity index (χ1n) is 7.59. The highest BCUT2D eigenvalue weighted by Gasteiger charge is 2.18. The summed E-state index contributed by atoms with van der Waals surface area (Å²) in [5, 5.41) is 0.198. The van der Waals surface area contributed by atoms with Gasteiger partial charge in [-0.15, -0.1) is 0 Å². The highest BCUT2D eigenvalue weighted by atomic mass is 35.5. The van der Waals surface area contributed by atoms with Gasteiger partial charge in [-0.05, 0) is 19.3 Å². The lowest BCUT2D eigenvalue weighted by Gasteiger charge is -2.19. The third-order valence-corrected chi connectivity index (χ3v) is 3.88. The minimum atomic E-state index is -0.380. The van der Waals surface area contributed by atoms with Crippen LogP contribution in [0.15, 0.2) is 9.59 Å². The fourth-order valence-electron chi connectivity index (χ4n) is 2.53. The van der Waals surface area contributed by atoms with Gasteiger partial charge in [-0.1, -0.05) is 58.1 Å². The molecule has 1 heterocycles. The number of unbranched alkanes of at least 4 members (excludes halogenated alkanes) is 1. The molecule has 4 nitrogen and oxygen atoms in total. The van der Waals surface area contributed by atoms with Gasteiger partial charge < -0.3 is 0 Å². The number of H-pyrrole nitrogens is 1. The summed E-state index contributed by atoms with van der Waals surface area (Å²) < 4.78 is 1.38. The van der Waals surface area contributed by atoms with E-state index in [0.29, 0.717) is 12.0 Å². The molecule has 5 heteroatoms. The Bertz CT molecular complexity index is 534. The van der Waals surface area contributed by atoms with Crippen LogP contribution in [0.4, 0.5) is 0 Å². The van der Waals surface area contributed by atoms with Gasteiger partial charge in [0.1, 0.15) is 5.15 Å². The van der Waals surface area contributed by atoms with Crippen molar-refractivity contribution in [2.75, 3.05) is 0 Å². The van der Waals surface area contributed by atoms with Crippen molar-refractivity contribution in [3.8, 4) is 0 Å². The number of halogens is 1. The fourth-order valence-corrected chi connectivity index (χ4v) is 2.79. The van der Waals surface area contributed by atoms with Crippen LogP contribution in [0.1, 0.15) is 70.9 Å². The largest absolute Gasteiger partial charge is 0.329 e. The molecule has 1 rings (SSSR count). The SMILES string of the molecule is CCCCC(CCC)n1c(=O)[nH]c(Cl)c(CCC)c1=O. The van der Waals surface area contributed by atoms with Crippen molar-refractivity contribution in [1.29, 1.82) is 0 Å². The van der Waals surface area contributed by atoms with Gasteiger partial charge in [-0.25, -0.2) is 4.79 Å². The molecule has 0 amide bonds. The Morgan fingerprint density at radius 1 is 1.10 bits per heavy atom. The van der Waals surface area contributed by atoms with Crippen molar-refractivity contribution >= 4 is 11.6 Å². The molecule has 0 radical (unpaired) electrons. The predicted molar refractivity (Wildman–Crippen MR) is 83.8 cm³/mol. The van der Waals surface area contributed by atoms with Crippen LogP contribution >= 0.6 is 11.6 Å². The maximum Gasteiger partial charge on any atom is 0.329 e. The Kier molecular flexibility index (Phi) is 7.06. The van der Waals surface area contributed by atoms with E-state index in [2.05, 4.69) is 18.8 Å². The average molecular weight is 301 g/mol. The normalized spacial score (nSPS) is 12.6. The van der Waals surface area contributed by atoms with Crippen LogP contribution in [-0.4, -0.2) is 9.55 Å². The molecule has 1 N–H and O–H groups in total. The van der Waals surface area contributed by atoms with Gasteiger partial charge in [0.25, 0.3) is 5.56 Å². The summed E-state index contributed by atoms with van der Waals surface area (Å²) in [6.45, 7) is 6.17. The molecule has 20 heavy (non-hydrogen) atoms. The summed E-state index contributed by atoms with van der Waals surface area (Å²) in [4.78, 5) is 27.3. The van der Waals surface area contributed by atoms with Crippen LogP contribution in [-0.2, 0) is 6.42 Å². The molecule has 1 aromatic heterocycles. The first kappa shape index (κ1) is 17.0. The van der Waals surface area contributed by atoms with Crippen molar-refractivity contribution in [3.05, 3.63) is 31.6 Å². The van der Waals surface area contributed by atoms with Crippen LogP contribution in [0, 0.1) is 0 Å². The Morgan fingerprint density at radius 2 is 1.80 bits per heavy atom. The summed E-state index contributed by atoms with van der Waals surface area (Å²) in [5.41, 5.74) is -0.0593. The molecule has 1 unspecified atom stereocenters. The highest BCUT2D eigenvalue weighted by Crippen LogP contribution is 2.19. The number of aromatic amines is 1. The number of hydrogen-bond donors (Lipinski definition) is 1. The molecule has 1 atom stereocenters. The molecule has 1 aromatic rings. The molecule has 114 valence electrons. The maximum absolute atomic E-state index is 12.5. The molecule has 0 fully saturated rings. The summed E-state index contributed by atoms with van der Waals surface area (Å²) in [6.07, 6.45) is 6.16. The Balaban J connectivity index is 3.29. The van der Waals surface area contributed by atoms with Crippen molar-refractivity contribution < 1.29 is 0 Å².